The predicted octanol–water partition coefficient (Wildman–Crippen LogP) is 3.43. The molecule has 2 N–H and O–H groups in total. The van der Waals surface area contributed by atoms with E-state index in [4.69, 9.17) is 17.0 Å². The molecule has 0 spiro atoms. The summed E-state index contributed by atoms with van der Waals surface area (Å²) in [7, 11) is 0. The van der Waals surface area contributed by atoms with Gasteiger partial charge in [0.15, 0.2) is 5.11 Å². The molecule has 0 saturated carbocycles. The average Bonchev–Trinajstić information content (AvgIpc) is 2.34. The molecule has 1 rings (SSSR count). The third-order valence-corrected chi connectivity index (χ3v) is 3.44. The number of nitrogens with one attached hydrogen (secondary N) is 2. The third-order valence-electron chi connectivity index (χ3n) is 2.03. The molecule has 0 unspecified atom stereocenters. The van der Waals surface area contributed by atoms with Gasteiger partial charge in [-0.25, -0.2) is 0 Å². The molecular weight excluding hydrogens is 394 g/mol. The molecular formula is C12H15Br2N3OS. The molecule has 1 aromatic rings. The normalized spacial score (nSPS) is 10.5. The van der Waals surface area contributed by atoms with Crippen LogP contribution in [-0.4, -0.2) is 24.5 Å². The second-order valence-corrected chi connectivity index (χ2v) is 5.59. The van der Waals surface area contributed by atoms with Gasteiger partial charge in [-0.1, -0.05) is 0 Å². The lowest BCUT2D eigenvalue weighted by atomic mass is 10.2. The van der Waals surface area contributed by atoms with Crippen LogP contribution in [0.25, 0.3) is 0 Å². The number of hydrazone groups is 1. The van der Waals surface area contributed by atoms with Crippen LogP contribution in [0.3, 0.4) is 0 Å². The molecule has 7 heteroatoms. The molecule has 0 amide bonds. The zero-order valence-electron chi connectivity index (χ0n) is 10.7. The van der Waals surface area contributed by atoms with E-state index in [0.717, 1.165) is 26.8 Å². The molecule has 1 aromatic carbocycles. The maximum Gasteiger partial charge on any atom is 0.186 e. The topological polar surface area (TPSA) is 45.7 Å². The molecule has 0 bridgehead atoms. The zero-order chi connectivity index (χ0) is 14.3. The van der Waals surface area contributed by atoms with Gasteiger partial charge < -0.3 is 10.1 Å². The summed E-state index contributed by atoms with van der Waals surface area (Å²) in [6.45, 7) is 5.29. The van der Waals surface area contributed by atoms with Gasteiger partial charge in [-0.15, -0.1) is 0 Å². The summed E-state index contributed by atoms with van der Waals surface area (Å²) in [6, 6.07) is 3.86. The van der Waals surface area contributed by atoms with E-state index in [0.29, 0.717) is 11.7 Å². The number of nitrogens with zero attached hydrogens (tertiary/aromatic N) is 1. The van der Waals surface area contributed by atoms with E-state index in [1.54, 1.807) is 6.21 Å². The van der Waals surface area contributed by atoms with Crippen molar-refractivity contribution < 1.29 is 4.74 Å². The van der Waals surface area contributed by atoms with Crippen LogP contribution in [0, 0.1) is 0 Å². The zero-order valence-corrected chi connectivity index (χ0v) is 14.7. The minimum absolute atomic E-state index is 0.503. The van der Waals surface area contributed by atoms with Gasteiger partial charge in [-0.2, -0.15) is 5.10 Å². The van der Waals surface area contributed by atoms with Gasteiger partial charge in [0, 0.05) is 6.54 Å². The van der Waals surface area contributed by atoms with Crippen molar-refractivity contribution in [2.75, 3.05) is 13.2 Å². The van der Waals surface area contributed by atoms with Crippen molar-refractivity contribution in [2.24, 2.45) is 5.10 Å². The van der Waals surface area contributed by atoms with Crippen LogP contribution in [0.5, 0.6) is 5.75 Å². The Morgan fingerprint density at radius 2 is 2.00 bits per heavy atom. The van der Waals surface area contributed by atoms with E-state index >= 15 is 0 Å². The average molecular weight is 409 g/mol. The summed E-state index contributed by atoms with van der Waals surface area (Å²) < 4.78 is 7.26. The first-order chi connectivity index (χ1) is 9.08. The lowest BCUT2D eigenvalue weighted by Gasteiger charge is -2.09. The van der Waals surface area contributed by atoms with Crippen molar-refractivity contribution in [2.45, 2.75) is 13.8 Å². The molecule has 0 fully saturated rings. The summed E-state index contributed by atoms with van der Waals surface area (Å²) >= 11 is 11.9. The second-order valence-electron chi connectivity index (χ2n) is 3.48. The molecule has 0 aliphatic rings. The fourth-order valence-electron chi connectivity index (χ4n) is 1.30. The molecule has 0 saturated heterocycles. The highest BCUT2D eigenvalue weighted by atomic mass is 79.9. The van der Waals surface area contributed by atoms with Crippen LogP contribution in [0.1, 0.15) is 19.4 Å². The number of rotatable bonds is 5. The fourth-order valence-corrected chi connectivity index (χ4v) is 2.95. The number of benzene rings is 1. The Balaban J connectivity index is 2.75. The van der Waals surface area contributed by atoms with E-state index in [-0.39, 0.29) is 0 Å². The van der Waals surface area contributed by atoms with E-state index in [1.807, 2.05) is 26.0 Å². The SMILES string of the molecule is CCNC(=S)N/N=C\c1cc(Br)c(OCC)c(Br)c1. The maximum absolute atomic E-state index is 5.51. The Kier molecular flexibility index (Phi) is 7.33. The second kappa shape index (κ2) is 8.50. The predicted molar refractivity (Wildman–Crippen MR) is 90.0 cm³/mol. The molecule has 0 radical (unpaired) electrons. The fraction of sp³-hybridized carbons (Fsp3) is 0.333. The van der Waals surface area contributed by atoms with E-state index in [1.165, 1.54) is 0 Å². The van der Waals surface area contributed by atoms with Crippen molar-refractivity contribution >= 4 is 55.4 Å². The van der Waals surface area contributed by atoms with Crippen molar-refractivity contribution in [1.82, 2.24) is 10.7 Å². The highest BCUT2D eigenvalue weighted by molar-refractivity contribution is 9.11. The van der Waals surface area contributed by atoms with Gasteiger partial charge in [-0.05, 0) is 75.6 Å². The van der Waals surface area contributed by atoms with E-state index in [2.05, 4.69) is 47.7 Å². The Bertz CT molecular complexity index is 457. The van der Waals surface area contributed by atoms with Crippen LogP contribution < -0.4 is 15.5 Å². The number of halogens is 2. The lowest BCUT2D eigenvalue weighted by molar-refractivity contribution is 0.336. The molecule has 0 aliphatic carbocycles. The molecule has 104 valence electrons. The minimum Gasteiger partial charge on any atom is -0.492 e. The molecule has 0 aromatic heterocycles. The van der Waals surface area contributed by atoms with Crippen molar-refractivity contribution in [1.29, 1.82) is 0 Å². The van der Waals surface area contributed by atoms with Crippen LogP contribution in [0.15, 0.2) is 26.2 Å². The third kappa shape index (κ3) is 5.46. The summed E-state index contributed by atoms with van der Waals surface area (Å²) in [5.41, 5.74) is 3.66. The van der Waals surface area contributed by atoms with Gasteiger partial charge >= 0.3 is 0 Å². The minimum atomic E-state index is 0.503. The first-order valence-electron chi connectivity index (χ1n) is 5.77. The largest absolute Gasteiger partial charge is 0.492 e. The van der Waals surface area contributed by atoms with Crippen LogP contribution >= 0.6 is 44.1 Å². The van der Waals surface area contributed by atoms with Crippen LogP contribution in [0.4, 0.5) is 0 Å². The molecule has 19 heavy (non-hydrogen) atoms. The summed E-state index contributed by atoms with van der Waals surface area (Å²) in [4.78, 5) is 0. The van der Waals surface area contributed by atoms with Crippen LogP contribution in [-0.2, 0) is 0 Å². The number of hydrogen-bond acceptors (Lipinski definition) is 3. The highest BCUT2D eigenvalue weighted by Gasteiger charge is 2.07. The smallest absolute Gasteiger partial charge is 0.186 e. The van der Waals surface area contributed by atoms with E-state index < -0.39 is 0 Å². The Labute approximate surface area is 135 Å². The van der Waals surface area contributed by atoms with Gasteiger partial charge in [-0.3, -0.25) is 5.43 Å². The number of ether oxygens (including phenoxy) is 1. The molecule has 0 aliphatic heterocycles. The van der Waals surface area contributed by atoms with Crippen molar-refractivity contribution in [3.05, 3.63) is 26.6 Å². The van der Waals surface area contributed by atoms with Crippen molar-refractivity contribution in [3.63, 3.8) is 0 Å². The number of thiocarbonyl (C=S) groups is 1. The first-order valence-corrected chi connectivity index (χ1v) is 7.76. The highest BCUT2D eigenvalue weighted by Crippen LogP contribution is 2.34. The Morgan fingerprint density at radius 1 is 1.37 bits per heavy atom. The molecule has 0 atom stereocenters. The number of hydrogen-bond donors (Lipinski definition) is 2. The maximum atomic E-state index is 5.51. The Morgan fingerprint density at radius 3 is 2.53 bits per heavy atom. The summed E-state index contributed by atoms with van der Waals surface area (Å²) in [6.07, 6.45) is 1.69. The summed E-state index contributed by atoms with van der Waals surface area (Å²) in [5, 5.41) is 7.51. The van der Waals surface area contributed by atoms with Crippen molar-refractivity contribution in [3.8, 4) is 5.75 Å². The monoisotopic (exact) mass is 407 g/mol. The van der Waals surface area contributed by atoms with Gasteiger partial charge in [0.1, 0.15) is 5.75 Å². The standard InChI is InChI=1S/C12H15Br2N3OS/c1-3-15-12(19)17-16-7-8-5-9(13)11(18-4-2)10(14)6-8/h5-7H,3-4H2,1-2H3,(H2,15,17,19)/b16-7-. The van der Waals surface area contributed by atoms with Crippen LogP contribution in [0.2, 0.25) is 0 Å². The Hall–Kier alpha value is -0.660. The lowest BCUT2D eigenvalue weighted by Crippen LogP contribution is -2.31. The summed E-state index contributed by atoms with van der Waals surface area (Å²) in [5.74, 6) is 0.788. The van der Waals surface area contributed by atoms with Gasteiger partial charge in [0.05, 0.1) is 21.8 Å². The molecule has 0 heterocycles. The quantitative estimate of drug-likeness (QED) is 0.445. The van der Waals surface area contributed by atoms with Gasteiger partial charge in [0.2, 0.25) is 0 Å². The van der Waals surface area contributed by atoms with E-state index in [9.17, 15) is 0 Å². The van der Waals surface area contributed by atoms with Gasteiger partial charge in [0.25, 0.3) is 0 Å². The first kappa shape index (κ1) is 16.4. The molecule has 4 nitrogen and oxygen atoms in total.